The predicted molar refractivity (Wildman–Crippen MR) is 108 cm³/mol. The van der Waals surface area contributed by atoms with Crippen molar-refractivity contribution in [3.63, 3.8) is 0 Å². The molecule has 2 N–H and O–H groups in total. The van der Waals surface area contributed by atoms with Crippen molar-refractivity contribution in [1.82, 2.24) is 0 Å². The van der Waals surface area contributed by atoms with Gasteiger partial charge in [-0.15, -0.1) is 0 Å². The number of phosphoric ester groups is 1. The second-order valence-electron chi connectivity index (χ2n) is 5.37. The van der Waals surface area contributed by atoms with Gasteiger partial charge in [0.05, 0.1) is 28.4 Å². The topological polar surface area (TPSA) is 104 Å². The van der Waals surface area contributed by atoms with E-state index in [9.17, 15) is 14.4 Å². The van der Waals surface area contributed by atoms with Gasteiger partial charge in [0, 0.05) is 5.56 Å². The Hall–Kier alpha value is -2.19. The molecule has 0 unspecified atom stereocenters. The molecule has 0 fully saturated rings. The van der Waals surface area contributed by atoms with E-state index in [1.807, 2.05) is 0 Å². The molecule has 0 atom stereocenters. The van der Waals surface area contributed by atoms with Crippen LogP contribution < -0.4 is 23.5 Å². The number of ether oxygens (including phenoxy) is 4. The highest BCUT2D eigenvalue weighted by Crippen LogP contribution is 2.46. The van der Waals surface area contributed by atoms with E-state index in [1.165, 1.54) is 28.4 Å². The van der Waals surface area contributed by atoms with Crippen LogP contribution in [0.4, 0.5) is 0 Å². The molecule has 28 heavy (non-hydrogen) atoms. The van der Waals surface area contributed by atoms with Crippen molar-refractivity contribution in [1.29, 1.82) is 0 Å². The molecule has 2 aromatic rings. The van der Waals surface area contributed by atoms with Gasteiger partial charge in [0.1, 0.15) is 10.2 Å². The van der Waals surface area contributed by atoms with Crippen LogP contribution in [0.15, 0.2) is 28.7 Å². The maximum atomic E-state index is 11.4. The molecule has 0 radical (unpaired) electrons. The van der Waals surface area contributed by atoms with E-state index in [0.29, 0.717) is 34.1 Å². The van der Waals surface area contributed by atoms with Gasteiger partial charge in [-0.3, -0.25) is 9.79 Å². The van der Waals surface area contributed by atoms with Crippen LogP contribution >= 0.6 is 23.8 Å². The predicted octanol–water partition coefficient (Wildman–Crippen LogP) is 4.13. The molecule has 0 bridgehead atoms. The van der Waals surface area contributed by atoms with Crippen LogP contribution in [0.2, 0.25) is 0 Å². The first-order valence-electron chi connectivity index (χ1n) is 7.83. The molecular weight excluding hydrogens is 455 g/mol. The van der Waals surface area contributed by atoms with Crippen molar-refractivity contribution < 1.29 is 37.8 Å². The molecule has 0 amide bonds. The van der Waals surface area contributed by atoms with Crippen LogP contribution in [0, 0.1) is 0 Å². The minimum atomic E-state index is -4.78. The molecular formula is C18H20BrO8P. The Balaban J connectivity index is 2.52. The lowest BCUT2D eigenvalue weighted by molar-refractivity contribution is 0.281. The first-order valence-corrected chi connectivity index (χ1v) is 10.2. The summed E-state index contributed by atoms with van der Waals surface area (Å²) in [4.78, 5) is 18.4. The van der Waals surface area contributed by atoms with Gasteiger partial charge in [-0.2, -0.15) is 0 Å². The van der Waals surface area contributed by atoms with Gasteiger partial charge in [-0.1, -0.05) is 12.2 Å². The number of rotatable bonds is 8. The summed E-state index contributed by atoms with van der Waals surface area (Å²) in [5.74, 6) is 1.73. The van der Waals surface area contributed by atoms with Crippen LogP contribution in [-0.4, -0.2) is 38.2 Å². The van der Waals surface area contributed by atoms with Gasteiger partial charge in [0.15, 0.2) is 17.2 Å². The minimum Gasteiger partial charge on any atom is -0.495 e. The number of halogens is 1. The Labute approximate surface area is 171 Å². The molecule has 0 aromatic heterocycles. The molecule has 2 rings (SSSR count). The first kappa shape index (κ1) is 22.1. The highest BCUT2D eigenvalue weighted by atomic mass is 79.9. The van der Waals surface area contributed by atoms with Gasteiger partial charge in [-0.05, 0) is 45.8 Å². The van der Waals surface area contributed by atoms with Gasteiger partial charge < -0.3 is 23.5 Å². The average molecular weight is 475 g/mol. The van der Waals surface area contributed by atoms with E-state index in [4.69, 9.17) is 23.5 Å². The van der Waals surface area contributed by atoms with E-state index >= 15 is 0 Å². The van der Waals surface area contributed by atoms with Crippen LogP contribution in [0.3, 0.4) is 0 Å². The fourth-order valence-electron chi connectivity index (χ4n) is 2.44. The summed E-state index contributed by atoms with van der Waals surface area (Å²) < 4.78 is 37.6. The Kier molecular flexibility index (Phi) is 7.37. The van der Waals surface area contributed by atoms with Crippen molar-refractivity contribution in [2.45, 2.75) is 0 Å². The first-order chi connectivity index (χ1) is 13.2. The third kappa shape index (κ3) is 5.20. The smallest absolute Gasteiger partial charge is 0.495 e. The molecule has 10 heteroatoms. The third-order valence-corrected chi connectivity index (χ3v) is 4.84. The molecule has 0 saturated heterocycles. The Bertz CT molecular complexity index is 897. The van der Waals surface area contributed by atoms with Gasteiger partial charge in [0.25, 0.3) is 0 Å². The minimum absolute atomic E-state index is 0.0450. The second-order valence-corrected chi connectivity index (χ2v) is 7.33. The fraction of sp³-hybridized carbons (Fsp3) is 0.222. The van der Waals surface area contributed by atoms with Crippen molar-refractivity contribution in [2.24, 2.45) is 0 Å². The van der Waals surface area contributed by atoms with Gasteiger partial charge >= 0.3 is 7.82 Å². The summed E-state index contributed by atoms with van der Waals surface area (Å²) in [7, 11) is 1.19. The summed E-state index contributed by atoms with van der Waals surface area (Å²) in [6.07, 6.45) is 3.35. The Morgan fingerprint density at radius 2 is 1.43 bits per heavy atom. The zero-order chi connectivity index (χ0) is 20.9. The Morgan fingerprint density at radius 3 is 1.89 bits per heavy atom. The standard InChI is InChI=1S/C18H20BrO8P/c1-23-13-8-7-12(17(16(13)19)27-28(20,21)22)6-5-11-9-14(24-2)18(26-4)15(10-11)25-3/h5-10H,1-4H3,(H2,20,21,22)/b6-5-. The van der Waals surface area contributed by atoms with Gasteiger partial charge in [0.2, 0.25) is 5.75 Å². The largest absolute Gasteiger partial charge is 0.524 e. The number of hydrogen-bond donors (Lipinski definition) is 2. The lowest BCUT2D eigenvalue weighted by Gasteiger charge is -2.14. The highest BCUT2D eigenvalue weighted by Gasteiger charge is 2.22. The lowest BCUT2D eigenvalue weighted by Crippen LogP contribution is -1.96. The normalized spacial score (nSPS) is 11.4. The molecule has 0 heterocycles. The van der Waals surface area contributed by atoms with E-state index in [1.54, 1.807) is 36.4 Å². The Morgan fingerprint density at radius 1 is 0.857 bits per heavy atom. The monoisotopic (exact) mass is 474 g/mol. The molecule has 2 aromatic carbocycles. The molecule has 0 saturated carbocycles. The zero-order valence-electron chi connectivity index (χ0n) is 15.6. The summed E-state index contributed by atoms with van der Waals surface area (Å²) in [6.45, 7) is 0. The molecule has 152 valence electrons. The van der Waals surface area contributed by atoms with E-state index in [-0.39, 0.29) is 10.2 Å². The quantitative estimate of drug-likeness (QED) is 0.434. The molecule has 0 aliphatic rings. The molecule has 0 spiro atoms. The fourth-order valence-corrected chi connectivity index (χ4v) is 3.60. The molecule has 8 nitrogen and oxygen atoms in total. The molecule has 0 aliphatic carbocycles. The number of phosphoric acid groups is 1. The van der Waals surface area contributed by atoms with E-state index < -0.39 is 7.82 Å². The number of hydrogen-bond acceptors (Lipinski definition) is 6. The summed E-state index contributed by atoms with van der Waals surface area (Å²) >= 11 is 3.25. The van der Waals surface area contributed by atoms with E-state index in [0.717, 1.165) is 0 Å². The SMILES string of the molecule is COc1ccc(/C=C\c2cc(OC)c(OC)c(OC)c2)c(OP(=O)(O)O)c1Br. The van der Waals surface area contributed by atoms with Crippen LogP contribution in [0.25, 0.3) is 12.2 Å². The van der Waals surface area contributed by atoms with Crippen LogP contribution in [0.1, 0.15) is 11.1 Å². The van der Waals surface area contributed by atoms with Crippen molar-refractivity contribution in [3.8, 4) is 28.7 Å². The highest BCUT2D eigenvalue weighted by molar-refractivity contribution is 9.10. The maximum Gasteiger partial charge on any atom is 0.524 e. The summed E-state index contributed by atoms with van der Waals surface area (Å²) in [6, 6.07) is 6.73. The van der Waals surface area contributed by atoms with E-state index in [2.05, 4.69) is 15.9 Å². The zero-order valence-corrected chi connectivity index (χ0v) is 18.1. The van der Waals surface area contributed by atoms with Crippen LogP contribution in [-0.2, 0) is 4.57 Å². The van der Waals surface area contributed by atoms with Crippen molar-refractivity contribution >= 4 is 35.9 Å². The lowest BCUT2D eigenvalue weighted by atomic mass is 10.1. The number of methoxy groups -OCH3 is 4. The number of benzene rings is 2. The van der Waals surface area contributed by atoms with Gasteiger partial charge in [-0.25, -0.2) is 4.57 Å². The van der Waals surface area contributed by atoms with Crippen molar-refractivity contribution in [3.05, 3.63) is 39.9 Å². The average Bonchev–Trinajstić information content (AvgIpc) is 2.66. The summed E-state index contributed by atoms with van der Waals surface area (Å²) in [5, 5.41) is 0. The summed E-state index contributed by atoms with van der Waals surface area (Å²) in [5.41, 5.74) is 1.13. The maximum absolute atomic E-state index is 11.4. The van der Waals surface area contributed by atoms with Crippen molar-refractivity contribution in [2.75, 3.05) is 28.4 Å². The van der Waals surface area contributed by atoms with Crippen LogP contribution in [0.5, 0.6) is 28.7 Å². The third-order valence-electron chi connectivity index (χ3n) is 3.66. The molecule has 0 aliphatic heterocycles. The second kappa shape index (κ2) is 9.34.